The molecule has 3 nitrogen and oxygen atoms in total. The summed E-state index contributed by atoms with van der Waals surface area (Å²) in [6.07, 6.45) is 0.672. The van der Waals surface area contributed by atoms with Crippen molar-refractivity contribution in [3.63, 3.8) is 0 Å². The molecule has 2 aliphatic heterocycles. The third-order valence-electron chi connectivity index (χ3n) is 6.34. The molecule has 0 atom stereocenters. The molecule has 0 aromatic heterocycles. The standard InChI is InChI=1S/C26H22BNO2/c1-26(2,3)15-27-19-13-11-17-8-6-10-21-22(17)24(19)28(25(29)30-21)20-14-12-16-7-4-5-9-18(16)23(20)27/h4-14H,15H2,1-3H3. The highest BCUT2D eigenvalue weighted by Gasteiger charge is 2.42. The molecule has 1 amide bonds. The maximum absolute atomic E-state index is 13.2. The molecule has 0 N–H and O–H groups in total. The van der Waals surface area contributed by atoms with Crippen LogP contribution in [0, 0.1) is 5.41 Å². The average molecular weight is 391 g/mol. The van der Waals surface area contributed by atoms with Crippen molar-refractivity contribution in [1.82, 2.24) is 0 Å². The van der Waals surface area contributed by atoms with Gasteiger partial charge in [-0.3, -0.25) is 0 Å². The van der Waals surface area contributed by atoms with E-state index in [1.807, 2.05) is 12.1 Å². The van der Waals surface area contributed by atoms with Crippen LogP contribution in [0.4, 0.5) is 16.2 Å². The number of hydrogen-bond acceptors (Lipinski definition) is 2. The molecular formula is C26H22BNO2. The Kier molecular flexibility index (Phi) is 3.45. The molecule has 146 valence electrons. The SMILES string of the molecule is CC(C)(C)CB1c2ccc3cccc4c3c2N(C(=O)O4)c2ccc3ccccc3c21. The van der Waals surface area contributed by atoms with E-state index in [4.69, 9.17) is 4.74 Å². The summed E-state index contributed by atoms with van der Waals surface area (Å²) >= 11 is 0. The lowest BCUT2D eigenvalue weighted by Gasteiger charge is -2.40. The van der Waals surface area contributed by atoms with E-state index in [2.05, 4.69) is 75.4 Å². The van der Waals surface area contributed by atoms with Crippen molar-refractivity contribution in [3.05, 3.63) is 66.7 Å². The predicted molar refractivity (Wildman–Crippen MR) is 125 cm³/mol. The van der Waals surface area contributed by atoms with Crippen LogP contribution in [-0.2, 0) is 0 Å². The quantitative estimate of drug-likeness (QED) is 0.395. The number of benzene rings is 4. The van der Waals surface area contributed by atoms with E-state index in [-0.39, 0.29) is 18.2 Å². The Balaban J connectivity index is 1.76. The number of amides is 1. The van der Waals surface area contributed by atoms with Gasteiger partial charge in [-0.1, -0.05) is 81.7 Å². The first kappa shape index (κ1) is 17.6. The van der Waals surface area contributed by atoms with E-state index >= 15 is 0 Å². The Hall–Kier alpha value is -3.27. The van der Waals surface area contributed by atoms with Crippen molar-refractivity contribution in [2.24, 2.45) is 5.41 Å². The number of ether oxygens (including phenoxy) is 1. The molecule has 4 aromatic carbocycles. The number of rotatable bonds is 1. The maximum Gasteiger partial charge on any atom is 0.424 e. The summed E-state index contributed by atoms with van der Waals surface area (Å²) in [5.41, 5.74) is 4.52. The molecule has 0 fully saturated rings. The number of nitrogens with zero attached hydrogens (tertiary/aromatic N) is 1. The lowest BCUT2D eigenvalue weighted by atomic mass is 9.33. The van der Waals surface area contributed by atoms with E-state index in [9.17, 15) is 4.79 Å². The number of carbonyl (C=O) groups excluding carboxylic acids is 1. The monoisotopic (exact) mass is 391 g/mol. The summed E-state index contributed by atoms with van der Waals surface area (Å²) in [5, 5.41) is 4.54. The normalized spacial score (nSPS) is 14.8. The second-order valence-electron chi connectivity index (χ2n) is 9.60. The van der Waals surface area contributed by atoms with Crippen LogP contribution in [0.3, 0.4) is 0 Å². The number of hydrogen-bond donors (Lipinski definition) is 0. The van der Waals surface area contributed by atoms with E-state index in [0.29, 0.717) is 5.75 Å². The maximum atomic E-state index is 13.2. The Morgan fingerprint density at radius 2 is 1.67 bits per heavy atom. The third-order valence-corrected chi connectivity index (χ3v) is 6.34. The van der Waals surface area contributed by atoms with Gasteiger partial charge in [0.1, 0.15) is 5.75 Å². The molecule has 0 aliphatic carbocycles. The molecule has 0 bridgehead atoms. The molecule has 4 aromatic rings. The minimum atomic E-state index is -0.326. The fourth-order valence-corrected chi connectivity index (χ4v) is 5.23. The fraction of sp³-hybridized carbons (Fsp3) is 0.192. The highest BCUT2D eigenvalue weighted by Crippen LogP contribution is 2.44. The van der Waals surface area contributed by atoms with Crippen molar-refractivity contribution in [2.45, 2.75) is 27.1 Å². The Bertz CT molecular complexity index is 1370. The zero-order valence-corrected chi connectivity index (χ0v) is 17.4. The van der Waals surface area contributed by atoms with Crippen LogP contribution in [0.15, 0.2) is 66.7 Å². The molecular weight excluding hydrogens is 369 g/mol. The lowest BCUT2D eigenvalue weighted by molar-refractivity contribution is 0.210. The van der Waals surface area contributed by atoms with Gasteiger partial charge in [0.25, 0.3) is 0 Å². The summed E-state index contributed by atoms with van der Waals surface area (Å²) in [6, 6.07) is 23.0. The van der Waals surface area contributed by atoms with Crippen molar-refractivity contribution >= 4 is 56.7 Å². The van der Waals surface area contributed by atoms with Crippen LogP contribution in [0.2, 0.25) is 6.32 Å². The van der Waals surface area contributed by atoms with Crippen molar-refractivity contribution in [2.75, 3.05) is 4.90 Å². The van der Waals surface area contributed by atoms with Crippen LogP contribution in [-0.4, -0.2) is 12.8 Å². The van der Waals surface area contributed by atoms with Crippen LogP contribution in [0.1, 0.15) is 20.8 Å². The molecule has 2 heterocycles. The fourth-order valence-electron chi connectivity index (χ4n) is 5.23. The largest absolute Gasteiger partial charge is 0.424 e. The second-order valence-corrected chi connectivity index (χ2v) is 9.60. The van der Waals surface area contributed by atoms with E-state index in [0.717, 1.165) is 28.5 Å². The summed E-state index contributed by atoms with van der Waals surface area (Å²) in [5.74, 6) is 0.657. The molecule has 0 saturated carbocycles. The molecule has 4 heteroatoms. The van der Waals surface area contributed by atoms with Gasteiger partial charge in [0.15, 0.2) is 0 Å². The van der Waals surface area contributed by atoms with Gasteiger partial charge in [-0.15, -0.1) is 0 Å². The van der Waals surface area contributed by atoms with Gasteiger partial charge in [0.2, 0.25) is 6.71 Å². The number of anilines is 2. The van der Waals surface area contributed by atoms with Gasteiger partial charge < -0.3 is 4.74 Å². The van der Waals surface area contributed by atoms with Crippen LogP contribution < -0.4 is 20.6 Å². The van der Waals surface area contributed by atoms with Gasteiger partial charge in [-0.2, -0.15) is 0 Å². The third kappa shape index (κ3) is 2.37. The lowest BCUT2D eigenvalue weighted by Crippen LogP contribution is -2.55. The smallest absolute Gasteiger partial charge is 0.409 e. The summed E-state index contributed by atoms with van der Waals surface area (Å²) < 4.78 is 5.79. The number of carbonyl (C=O) groups is 1. The first-order valence-corrected chi connectivity index (χ1v) is 10.5. The summed E-state index contributed by atoms with van der Waals surface area (Å²) in [6.45, 7) is 7.07. The van der Waals surface area contributed by atoms with Gasteiger partial charge in [-0.25, -0.2) is 9.69 Å². The second kappa shape index (κ2) is 5.88. The van der Waals surface area contributed by atoms with Gasteiger partial charge >= 0.3 is 6.09 Å². The predicted octanol–water partition coefficient (Wildman–Crippen LogP) is 5.61. The molecule has 0 saturated heterocycles. The number of fused-ring (bicyclic) bond motifs is 4. The van der Waals surface area contributed by atoms with E-state index in [1.54, 1.807) is 4.90 Å². The topological polar surface area (TPSA) is 29.5 Å². The zero-order valence-electron chi connectivity index (χ0n) is 17.4. The average Bonchev–Trinajstić information content (AvgIpc) is 2.71. The molecule has 0 spiro atoms. The van der Waals surface area contributed by atoms with Gasteiger partial charge in [-0.05, 0) is 44.6 Å². The minimum absolute atomic E-state index is 0.136. The Morgan fingerprint density at radius 3 is 2.50 bits per heavy atom. The molecule has 0 unspecified atom stereocenters. The first-order valence-electron chi connectivity index (χ1n) is 10.5. The van der Waals surface area contributed by atoms with Crippen LogP contribution >= 0.6 is 0 Å². The highest BCUT2D eigenvalue weighted by atomic mass is 16.6. The Labute approximate surface area is 176 Å². The zero-order chi connectivity index (χ0) is 20.6. The summed E-state index contributed by atoms with van der Waals surface area (Å²) in [4.78, 5) is 15.0. The van der Waals surface area contributed by atoms with E-state index < -0.39 is 0 Å². The Morgan fingerprint density at radius 1 is 0.900 bits per heavy atom. The first-order chi connectivity index (χ1) is 14.4. The highest BCUT2D eigenvalue weighted by molar-refractivity contribution is 6.90. The molecule has 2 aliphatic rings. The molecule has 0 radical (unpaired) electrons. The van der Waals surface area contributed by atoms with Crippen LogP contribution in [0.25, 0.3) is 21.5 Å². The van der Waals surface area contributed by atoms with Gasteiger partial charge in [0.05, 0.1) is 5.69 Å². The van der Waals surface area contributed by atoms with Crippen molar-refractivity contribution < 1.29 is 9.53 Å². The minimum Gasteiger partial charge on any atom is -0.409 e. The van der Waals surface area contributed by atoms with Crippen molar-refractivity contribution in [3.8, 4) is 5.75 Å². The summed E-state index contributed by atoms with van der Waals surface area (Å²) in [7, 11) is 0. The van der Waals surface area contributed by atoms with Crippen LogP contribution in [0.5, 0.6) is 5.75 Å². The van der Waals surface area contributed by atoms with E-state index in [1.165, 1.54) is 21.7 Å². The molecule has 6 rings (SSSR count). The van der Waals surface area contributed by atoms with Gasteiger partial charge in [0, 0.05) is 11.1 Å². The van der Waals surface area contributed by atoms with Crippen molar-refractivity contribution in [1.29, 1.82) is 0 Å². The molecule has 30 heavy (non-hydrogen) atoms.